The summed E-state index contributed by atoms with van der Waals surface area (Å²) in [6, 6.07) is 19.5. The summed E-state index contributed by atoms with van der Waals surface area (Å²) < 4.78 is 10.9. The zero-order valence-electron chi connectivity index (χ0n) is 18.2. The molecule has 0 saturated heterocycles. The van der Waals surface area contributed by atoms with Crippen molar-refractivity contribution in [3.63, 3.8) is 0 Å². The van der Waals surface area contributed by atoms with E-state index in [0.29, 0.717) is 12.8 Å². The number of unbranched alkanes of at least 4 members (excludes halogenated alkanes) is 1. The van der Waals surface area contributed by atoms with Gasteiger partial charge in [-0.15, -0.1) is 0 Å². The van der Waals surface area contributed by atoms with Gasteiger partial charge < -0.3 is 9.47 Å². The number of allylic oxidation sites excluding steroid dienone is 1. The van der Waals surface area contributed by atoms with E-state index < -0.39 is 23.3 Å². The smallest absolute Gasteiger partial charge is 0.324 e. The molecule has 0 aliphatic carbocycles. The molecular formula is C26H32O4. The Labute approximate surface area is 179 Å². The van der Waals surface area contributed by atoms with Crippen molar-refractivity contribution in [3.05, 3.63) is 77.9 Å². The van der Waals surface area contributed by atoms with Gasteiger partial charge >= 0.3 is 11.9 Å². The maximum absolute atomic E-state index is 13.4. The van der Waals surface area contributed by atoms with E-state index in [2.05, 4.69) is 0 Å². The van der Waals surface area contributed by atoms with Crippen LogP contribution < -0.4 is 0 Å². The minimum Gasteiger partial charge on any atom is -0.465 e. The SMILES string of the molecule is CCCCC(C(=O)OCC)(C(=O)OCC)C(/C=C/c1ccccc1)c1ccccc1. The molecule has 160 valence electrons. The molecule has 0 amide bonds. The lowest BCUT2D eigenvalue weighted by molar-refractivity contribution is -0.174. The number of hydrogen-bond donors (Lipinski definition) is 0. The van der Waals surface area contributed by atoms with Crippen LogP contribution in [0.15, 0.2) is 66.7 Å². The zero-order chi connectivity index (χ0) is 21.8. The topological polar surface area (TPSA) is 52.6 Å². The monoisotopic (exact) mass is 408 g/mol. The summed E-state index contributed by atoms with van der Waals surface area (Å²) >= 11 is 0. The standard InChI is InChI=1S/C26H32O4/c1-4-7-20-26(24(27)29-5-2,25(28)30-6-3)23(22-16-12-9-13-17-22)19-18-21-14-10-8-11-15-21/h8-19,23H,4-7,20H2,1-3H3/b19-18+. The van der Waals surface area contributed by atoms with Crippen LogP contribution in [0.4, 0.5) is 0 Å². The third-order valence-corrected chi connectivity index (χ3v) is 5.17. The van der Waals surface area contributed by atoms with Gasteiger partial charge in [-0.1, -0.05) is 92.6 Å². The molecule has 0 N–H and O–H groups in total. The molecule has 0 aliphatic heterocycles. The Hall–Kier alpha value is -2.88. The van der Waals surface area contributed by atoms with Crippen LogP contribution in [-0.2, 0) is 19.1 Å². The van der Waals surface area contributed by atoms with Gasteiger partial charge in [0.15, 0.2) is 5.41 Å². The van der Waals surface area contributed by atoms with Crippen LogP contribution in [0, 0.1) is 5.41 Å². The maximum Gasteiger partial charge on any atom is 0.324 e. The third kappa shape index (κ3) is 5.59. The lowest BCUT2D eigenvalue weighted by Crippen LogP contribution is -2.46. The van der Waals surface area contributed by atoms with Crippen molar-refractivity contribution in [1.82, 2.24) is 0 Å². The normalized spacial score (nSPS) is 12.5. The Balaban J connectivity index is 2.66. The van der Waals surface area contributed by atoms with Crippen LogP contribution in [0.1, 0.15) is 57.1 Å². The predicted molar refractivity (Wildman–Crippen MR) is 120 cm³/mol. The van der Waals surface area contributed by atoms with E-state index >= 15 is 0 Å². The van der Waals surface area contributed by atoms with Crippen LogP contribution in [0.2, 0.25) is 0 Å². The molecule has 4 nitrogen and oxygen atoms in total. The van der Waals surface area contributed by atoms with Crippen molar-refractivity contribution in [2.45, 2.75) is 46.0 Å². The molecule has 1 unspecified atom stereocenters. The number of hydrogen-bond acceptors (Lipinski definition) is 4. The van der Waals surface area contributed by atoms with E-state index in [4.69, 9.17) is 9.47 Å². The molecule has 0 aromatic heterocycles. The van der Waals surface area contributed by atoms with Gasteiger partial charge in [-0.3, -0.25) is 9.59 Å². The first-order valence-corrected chi connectivity index (χ1v) is 10.7. The fraction of sp³-hybridized carbons (Fsp3) is 0.385. The third-order valence-electron chi connectivity index (χ3n) is 5.17. The average Bonchev–Trinajstić information content (AvgIpc) is 2.77. The Kier molecular flexibility index (Phi) is 9.33. The van der Waals surface area contributed by atoms with Crippen LogP contribution in [-0.4, -0.2) is 25.2 Å². The lowest BCUT2D eigenvalue weighted by Gasteiger charge is -2.35. The molecule has 0 bridgehead atoms. The number of benzene rings is 2. The molecule has 0 aliphatic rings. The molecule has 0 saturated carbocycles. The van der Waals surface area contributed by atoms with Gasteiger partial charge in [0.1, 0.15) is 0 Å². The minimum absolute atomic E-state index is 0.204. The Morgan fingerprint density at radius 1 is 0.867 bits per heavy atom. The molecular weight excluding hydrogens is 376 g/mol. The Morgan fingerprint density at radius 2 is 1.40 bits per heavy atom. The second kappa shape index (κ2) is 12.0. The van der Waals surface area contributed by atoms with Gasteiger partial charge in [0, 0.05) is 5.92 Å². The first-order valence-electron chi connectivity index (χ1n) is 10.7. The van der Waals surface area contributed by atoms with Gasteiger partial charge in [0.2, 0.25) is 0 Å². The van der Waals surface area contributed by atoms with Crippen LogP contribution in [0.5, 0.6) is 0 Å². The van der Waals surface area contributed by atoms with Crippen molar-refractivity contribution >= 4 is 18.0 Å². The number of esters is 2. The van der Waals surface area contributed by atoms with Crippen LogP contribution in [0.25, 0.3) is 6.08 Å². The van der Waals surface area contributed by atoms with Gasteiger partial charge in [-0.2, -0.15) is 0 Å². The van der Waals surface area contributed by atoms with E-state index in [1.54, 1.807) is 13.8 Å². The van der Waals surface area contributed by atoms with Crippen molar-refractivity contribution in [2.24, 2.45) is 5.41 Å². The highest BCUT2D eigenvalue weighted by Gasteiger charge is 2.54. The number of carbonyl (C=O) groups is 2. The molecule has 0 fully saturated rings. The largest absolute Gasteiger partial charge is 0.465 e. The number of ether oxygens (including phenoxy) is 2. The summed E-state index contributed by atoms with van der Waals surface area (Å²) in [6.45, 7) is 5.96. The first kappa shape index (κ1) is 23.4. The number of rotatable bonds is 11. The van der Waals surface area contributed by atoms with E-state index in [0.717, 1.165) is 17.5 Å². The quantitative estimate of drug-likeness (QED) is 0.349. The van der Waals surface area contributed by atoms with Crippen LogP contribution >= 0.6 is 0 Å². The van der Waals surface area contributed by atoms with Crippen molar-refractivity contribution in [3.8, 4) is 0 Å². The van der Waals surface area contributed by atoms with Crippen LogP contribution in [0.3, 0.4) is 0 Å². The molecule has 30 heavy (non-hydrogen) atoms. The Bertz CT molecular complexity index is 793. The highest BCUT2D eigenvalue weighted by molar-refractivity contribution is 6.01. The highest BCUT2D eigenvalue weighted by atomic mass is 16.6. The predicted octanol–water partition coefficient (Wildman–Crippen LogP) is 5.79. The summed E-state index contributed by atoms with van der Waals surface area (Å²) in [6.07, 6.45) is 5.81. The average molecular weight is 409 g/mol. The van der Waals surface area contributed by atoms with Gasteiger partial charge in [0.25, 0.3) is 0 Å². The fourth-order valence-corrected chi connectivity index (χ4v) is 3.66. The van der Waals surface area contributed by atoms with E-state index in [-0.39, 0.29) is 13.2 Å². The fourth-order valence-electron chi connectivity index (χ4n) is 3.66. The zero-order valence-corrected chi connectivity index (χ0v) is 18.2. The summed E-state index contributed by atoms with van der Waals surface area (Å²) in [5.41, 5.74) is 0.437. The van der Waals surface area contributed by atoms with Crippen molar-refractivity contribution in [2.75, 3.05) is 13.2 Å². The molecule has 4 heteroatoms. The summed E-state index contributed by atoms with van der Waals surface area (Å²) in [5.74, 6) is -1.56. The Morgan fingerprint density at radius 3 is 1.90 bits per heavy atom. The second-order valence-corrected chi connectivity index (χ2v) is 7.17. The molecule has 0 radical (unpaired) electrons. The molecule has 2 aromatic rings. The summed E-state index contributed by atoms with van der Waals surface area (Å²) in [7, 11) is 0. The molecule has 2 rings (SSSR count). The number of carbonyl (C=O) groups excluding carboxylic acids is 2. The summed E-state index contributed by atoms with van der Waals surface area (Å²) in [4.78, 5) is 26.7. The first-order chi connectivity index (χ1) is 14.6. The second-order valence-electron chi connectivity index (χ2n) is 7.17. The van der Waals surface area contributed by atoms with Gasteiger partial charge in [-0.05, 0) is 31.4 Å². The summed E-state index contributed by atoms with van der Waals surface area (Å²) in [5, 5.41) is 0. The van der Waals surface area contributed by atoms with E-state index in [1.165, 1.54) is 0 Å². The van der Waals surface area contributed by atoms with Gasteiger partial charge in [0.05, 0.1) is 13.2 Å². The highest BCUT2D eigenvalue weighted by Crippen LogP contribution is 2.44. The van der Waals surface area contributed by atoms with E-state index in [1.807, 2.05) is 79.7 Å². The minimum atomic E-state index is -1.44. The molecule has 1 atom stereocenters. The van der Waals surface area contributed by atoms with Crippen molar-refractivity contribution in [1.29, 1.82) is 0 Å². The van der Waals surface area contributed by atoms with Gasteiger partial charge in [-0.25, -0.2) is 0 Å². The van der Waals surface area contributed by atoms with Crippen molar-refractivity contribution < 1.29 is 19.1 Å². The molecule has 0 heterocycles. The maximum atomic E-state index is 13.4. The molecule has 0 spiro atoms. The lowest BCUT2D eigenvalue weighted by atomic mass is 9.68. The van der Waals surface area contributed by atoms with E-state index in [9.17, 15) is 9.59 Å². The molecule has 2 aromatic carbocycles.